The Morgan fingerprint density at radius 3 is 2.57 bits per heavy atom. The van der Waals surface area contributed by atoms with Gasteiger partial charge in [-0.15, -0.1) is 0 Å². The molecule has 2 aromatic rings. The third-order valence-electron chi connectivity index (χ3n) is 3.95. The minimum atomic E-state index is -3.61. The van der Waals surface area contributed by atoms with Gasteiger partial charge in [-0.05, 0) is 28.8 Å². The average Bonchev–Trinajstić information content (AvgIpc) is 2.83. The second-order valence-corrected chi connectivity index (χ2v) is 7.39. The van der Waals surface area contributed by atoms with Crippen molar-refractivity contribution in [2.45, 2.75) is 24.3 Å². The molecular formula is C17H16N2O3S. The van der Waals surface area contributed by atoms with Crippen LogP contribution in [-0.2, 0) is 22.2 Å². The van der Waals surface area contributed by atoms with Gasteiger partial charge in [-0.1, -0.05) is 36.4 Å². The molecule has 2 aromatic carbocycles. The largest absolute Gasteiger partial charge is 0.391 e. The molecule has 0 aromatic heterocycles. The minimum absolute atomic E-state index is 0.190. The number of aliphatic hydroxyl groups is 1. The summed E-state index contributed by atoms with van der Waals surface area (Å²) in [6.07, 6.45) is -0.316. The van der Waals surface area contributed by atoms with Crippen LogP contribution in [0.4, 0.5) is 0 Å². The Morgan fingerprint density at radius 1 is 1.17 bits per heavy atom. The van der Waals surface area contributed by atoms with Gasteiger partial charge < -0.3 is 5.11 Å². The smallest absolute Gasteiger partial charge is 0.216 e. The molecule has 0 fully saturated rings. The molecule has 23 heavy (non-hydrogen) atoms. The molecule has 0 saturated carbocycles. The number of nitrogens with zero attached hydrogens (tertiary/aromatic N) is 1. The van der Waals surface area contributed by atoms with Crippen LogP contribution in [0.2, 0.25) is 0 Å². The maximum Gasteiger partial charge on any atom is 0.216 e. The van der Waals surface area contributed by atoms with Crippen molar-refractivity contribution in [1.29, 1.82) is 5.26 Å². The Labute approximate surface area is 135 Å². The lowest BCUT2D eigenvalue weighted by Crippen LogP contribution is -2.34. The quantitative estimate of drug-likeness (QED) is 0.892. The zero-order valence-corrected chi connectivity index (χ0v) is 13.1. The van der Waals surface area contributed by atoms with Crippen molar-refractivity contribution >= 4 is 10.0 Å². The van der Waals surface area contributed by atoms with E-state index in [0.29, 0.717) is 17.5 Å². The molecule has 3 rings (SSSR count). The van der Waals surface area contributed by atoms with Gasteiger partial charge in [0.15, 0.2) is 0 Å². The van der Waals surface area contributed by atoms with Crippen LogP contribution in [0.1, 0.15) is 28.3 Å². The topological polar surface area (TPSA) is 90.2 Å². The highest BCUT2D eigenvalue weighted by Gasteiger charge is 2.33. The first kappa shape index (κ1) is 15.7. The number of nitrogens with one attached hydrogen (secondary N) is 1. The molecule has 5 nitrogen and oxygen atoms in total. The Kier molecular flexibility index (Phi) is 4.18. The molecule has 0 spiro atoms. The van der Waals surface area contributed by atoms with E-state index in [1.807, 2.05) is 30.3 Å². The maximum absolute atomic E-state index is 12.4. The molecule has 1 aliphatic rings. The van der Waals surface area contributed by atoms with Crippen LogP contribution in [-0.4, -0.2) is 19.6 Å². The summed E-state index contributed by atoms with van der Waals surface area (Å²) in [5.41, 5.74) is 2.87. The van der Waals surface area contributed by atoms with Crippen molar-refractivity contribution in [2.24, 2.45) is 0 Å². The van der Waals surface area contributed by atoms with Gasteiger partial charge in [0, 0.05) is 6.42 Å². The Balaban J connectivity index is 1.77. The molecular weight excluding hydrogens is 312 g/mol. The van der Waals surface area contributed by atoms with Crippen molar-refractivity contribution in [1.82, 2.24) is 4.72 Å². The summed E-state index contributed by atoms with van der Waals surface area (Å²) in [6, 6.07) is 15.2. The van der Waals surface area contributed by atoms with Crippen LogP contribution in [0.5, 0.6) is 0 Å². The van der Waals surface area contributed by atoms with Crippen molar-refractivity contribution < 1.29 is 13.5 Å². The lowest BCUT2D eigenvalue weighted by Gasteiger charge is -2.18. The van der Waals surface area contributed by atoms with Gasteiger partial charge in [-0.2, -0.15) is 5.26 Å². The summed E-state index contributed by atoms with van der Waals surface area (Å²) in [5.74, 6) is -0.190. The number of aliphatic hydroxyl groups excluding tert-OH is 1. The van der Waals surface area contributed by atoms with Gasteiger partial charge >= 0.3 is 0 Å². The molecule has 0 saturated heterocycles. The highest BCUT2D eigenvalue weighted by atomic mass is 32.2. The molecule has 0 bridgehead atoms. The van der Waals surface area contributed by atoms with E-state index >= 15 is 0 Å². The van der Waals surface area contributed by atoms with Crippen LogP contribution >= 0.6 is 0 Å². The molecule has 6 heteroatoms. The van der Waals surface area contributed by atoms with Crippen molar-refractivity contribution in [3.8, 4) is 6.07 Å². The predicted molar refractivity (Wildman–Crippen MR) is 85.8 cm³/mol. The number of benzene rings is 2. The SMILES string of the molecule is N#Cc1ccc(CS(=O)(=O)N[C@H]2c3ccccc3C[C@H]2O)cc1. The Morgan fingerprint density at radius 2 is 1.87 bits per heavy atom. The third kappa shape index (κ3) is 3.42. The first-order chi connectivity index (χ1) is 11.0. The molecule has 0 amide bonds. The van der Waals surface area contributed by atoms with E-state index in [2.05, 4.69) is 4.72 Å². The van der Waals surface area contributed by atoms with E-state index in [-0.39, 0.29) is 5.75 Å². The second kappa shape index (κ2) is 6.13. The van der Waals surface area contributed by atoms with Gasteiger partial charge in [0.2, 0.25) is 10.0 Å². The summed E-state index contributed by atoms with van der Waals surface area (Å²) in [6.45, 7) is 0. The lowest BCUT2D eigenvalue weighted by molar-refractivity contribution is 0.151. The first-order valence-corrected chi connectivity index (χ1v) is 8.88. The van der Waals surface area contributed by atoms with Crippen molar-refractivity contribution in [3.05, 3.63) is 70.8 Å². The number of rotatable bonds is 4. The molecule has 1 aliphatic carbocycles. The fourth-order valence-corrected chi connectivity index (χ4v) is 4.23. The minimum Gasteiger partial charge on any atom is -0.391 e. The summed E-state index contributed by atoms with van der Waals surface area (Å²) >= 11 is 0. The van der Waals surface area contributed by atoms with Crippen molar-refractivity contribution in [3.63, 3.8) is 0 Å². The monoisotopic (exact) mass is 328 g/mol. The van der Waals surface area contributed by atoms with Gasteiger partial charge in [-0.3, -0.25) is 0 Å². The zero-order valence-electron chi connectivity index (χ0n) is 12.3. The van der Waals surface area contributed by atoms with E-state index in [4.69, 9.17) is 5.26 Å². The molecule has 118 valence electrons. The fourth-order valence-electron chi connectivity index (χ4n) is 2.85. The van der Waals surface area contributed by atoms with Crippen LogP contribution in [0.15, 0.2) is 48.5 Å². The van der Waals surface area contributed by atoms with E-state index in [9.17, 15) is 13.5 Å². The average molecular weight is 328 g/mol. The molecule has 2 N–H and O–H groups in total. The van der Waals surface area contributed by atoms with E-state index in [1.54, 1.807) is 24.3 Å². The predicted octanol–water partition coefficient (Wildman–Crippen LogP) is 1.64. The van der Waals surface area contributed by atoms with Gasteiger partial charge in [0.25, 0.3) is 0 Å². The zero-order chi connectivity index (χ0) is 16.4. The van der Waals surface area contributed by atoms with E-state index in [1.165, 1.54) is 0 Å². The summed E-state index contributed by atoms with van der Waals surface area (Å²) in [5, 5.41) is 18.9. The number of fused-ring (bicyclic) bond motifs is 1. The van der Waals surface area contributed by atoms with Crippen LogP contribution in [0.3, 0.4) is 0 Å². The molecule has 0 unspecified atom stereocenters. The van der Waals surface area contributed by atoms with Gasteiger partial charge in [-0.25, -0.2) is 13.1 Å². The van der Waals surface area contributed by atoms with Crippen LogP contribution in [0.25, 0.3) is 0 Å². The lowest BCUT2D eigenvalue weighted by atomic mass is 10.1. The van der Waals surface area contributed by atoms with Crippen molar-refractivity contribution in [2.75, 3.05) is 0 Å². The second-order valence-electron chi connectivity index (χ2n) is 5.63. The Bertz CT molecular complexity index is 854. The number of nitriles is 1. The highest BCUT2D eigenvalue weighted by molar-refractivity contribution is 7.88. The van der Waals surface area contributed by atoms with Crippen LogP contribution in [0, 0.1) is 11.3 Å². The summed E-state index contributed by atoms with van der Waals surface area (Å²) in [7, 11) is -3.61. The maximum atomic E-state index is 12.4. The standard InChI is InChI=1S/C17H16N2O3S/c18-10-12-5-7-13(8-6-12)11-23(21,22)19-17-15-4-2-1-3-14(15)9-16(17)20/h1-8,16-17,19-20H,9,11H2/t16-,17+/m1/s1. The fraction of sp³-hybridized carbons (Fsp3) is 0.235. The Hall–Kier alpha value is -2.20. The number of hydrogen-bond acceptors (Lipinski definition) is 4. The van der Waals surface area contributed by atoms with Crippen LogP contribution < -0.4 is 4.72 Å². The third-order valence-corrected chi connectivity index (χ3v) is 5.28. The van der Waals surface area contributed by atoms with Gasteiger partial charge in [0.05, 0.1) is 29.5 Å². The summed E-state index contributed by atoms with van der Waals surface area (Å²) in [4.78, 5) is 0. The number of sulfonamides is 1. The molecule has 0 aliphatic heterocycles. The highest BCUT2D eigenvalue weighted by Crippen LogP contribution is 2.32. The number of hydrogen-bond donors (Lipinski definition) is 2. The molecule has 0 radical (unpaired) electrons. The first-order valence-electron chi connectivity index (χ1n) is 7.23. The van der Waals surface area contributed by atoms with E-state index in [0.717, 1.165) is 11.1 Å². The normalized spacial score (nSPS) is 20.0. The molecule has 0 heterocycles. The van der Waals surface area contributed by atoms with Gasteiger partial charge in [0.1, 0.15) is 0 Å². The summed E-state index contributed by atoms with van der Waals surface area (Å²) < 4.78 is 27.4. The molecule has 2 atom stereocenters. The van der Waals surface area contributed by atoms with E-state index < -0.39 is 22.2 Å².